The third-order valence-electron chi connectivity index (χ3n) is 5.01. The second kappa shape index (κ2) is 8.34. The molecule has 134 valence electrons. The van der Waals surface area contributed by atoms with Crippen LogP contribution in [0.2, 0.25) is 0 Å². The number of likely N-dealkylation sites (tertiary alicyclic amines) is 1. The van der Waals surface area contributed by atoms with Crippen LogP contribution in [0.5, 0.6) is 11.5 Å². The number of halogens is 1. The Bertz CT molecular complexity index is 687. The van der Waals surface area contributed by atoms with Gasteiger partial charge < -0.3 is 9.84 Å². The first kappa shape index (κ1) is 17.7. The highest BCUT2D eigenvalue weighted by molar-refractivity contribution is 5.41. The number of ether oxygens (including phenoxy) is 1. The summed E-state index contributed by atoms with van der Waals surface area (Å²) in [5.41, 5.74) is 2.37. The van der Waals surface area contributed by atoms with Crippen molar-refractivity contribution in [2.45, 2.75) is 32.2 Å². The summed E-state index contributed by atoms with van der Waals surface area (Å²) in [5.74, 6) is 1.22. The van der Waals surface area contributed by atoms with E-state index in [9.17, 15) is 9.50 Å². The number of phenolic OH excluding ortho intramolecular Hbond substituents is 1. The third kappa shape index (κ3) is 4.95. The van der Waals surface area contributed by atoms with Gasteiger partial charge in [-0.2, -0.15) is 0 Å². The molecule has 1 atom stereocenters. The van der Waals surface area contributed by atoms with Crippen molar-refractivity contribution in [1.29, 1.82) is 0 Å². The summed E-state index contributed by atoms with van der Waals surface area (Å²) in [6, 6.07) is 12.4. The fraction of sp³-hybridized carbons (Fsp3) is 0.429. The minimum absolute atomic E-state index is 0.170. The van der Waals surface area contributed by atoms with Gasteiger partial charge in [0.05, 0.1) is 7.11 Å². The van der Waals surface area contributed by atoms with Gasteiger partial charge in [-0.25, -0.2) is 4.39 Å². The monoisotopic (exact) mass is 343 g/mol. The average Bonchev–Trinajstić information content (AvgIpc) is 2.63. The minimum Gasteiger partial charge on any atom is -0.504 e. The zero-order valence-corrected chi connectivity index (χ0v) is 14.7. The van der Waals surface area contributed by atoms with Gasteiger partial charge >= 0.3 is 0 Å². The molecule has 1 aliphatic rings. The predicted molar refractivity (Wildman–Crippen MR) is 97.4 cm³/mol. The molecule has 0 saturated carbocycles. The lowest BCUT2D eigenvalue weighted by Gasteiger charge is -2.33. The highest BCUT2D eigenvalue weighted by Crippen LogP contribution is 2.28. The van der Waals surface area contributed by atoms with Crippen molar-refractivity contribution >= 4 is 0 Å². The van der Waals surface area contributed by atoms with E-state index in [1.807, 2.05) is 24.3 Å². The SMILES string of the molecule is COc1cc(CN2CCCC(CCc3ccc(F)cc3)C2)ccc1O. The second-order valence-electron chi connectivity index (χ2n) is 6.91. The highest BCUT2D eigenvalue weighted by Gasteiger charge is 2.20. The van der Waals surface area contributed by atoms with Crippen molar-refractivity contribution in [3.8, 4) is 11.5 Å². The van der Waals surface area contributed by atoms with Crippen LogP contribution in [-0.4, -0.2) is 30.2 Å². The summed E-state index contributed by atoms with van der Waals surface area (Å²) in [7, 11) is 1.57. The van der Waals surface area contributed by atoms with Gasteiger partial charge in [0.2, 0.25) is 0 Å². The Kier molecular flexibility index (Phi) is 5.92. The van der Waals surface area contributed by atoms with Crippen LogP contribution in [0.1, 0.15) is 30.4 Å². The lowest BCUT2D eigenvalue weighted by molar-refractivity contribution is 0.161. The molecule has 25 heavy (non-hydrogen) atoms. The van der Waals surface area contributed by atoms with E-state index in [1.165, 1.54) is 18.4 Å². The first-order chi connectivity index (χ1) is 12.1. The zero-order chi connectivity index (χ0) is 17.6. The van der Waals surface area contributed by atoms with Crippen molar-refractivity contribution in [3.63, 3.8) is 0 Å². The summed E-state index contributed by atoms with van der Waals surface area (Å²) < 4.78 is 18.2. The van der Waals surface area contributed by atoms with Crippen molar-refractivity contribution in [1.82, 2.24) is 4.90 Å². The quantitative estimate of drug-likeness (QED) is 0.845. The maximum absolute atomic E-state index is 13.0. The Hall–Kier alpha value is -2.07. The highest BCUT2D eigenvalue weighted by atomic mass is 19.1. The fourth-order valence-electron chi connectivity index (χ4n) is 3.63. The van der Waals surface area contributed by atoms with Crippen LogP contribution in [0.15, 0.2) is 42.5 Å². The van der Waals surface area contributed by atoms with Crippen molar-refractivity contribution in [2.24, 2.45) is 5.92 Å². The largest absolute Gasteiger partial charge is 0.504 e. The standard InChI is InChI=1S/C21H26FNO2/c1-25-21-13-18(8-11-20(21)24)15-23-12-2-3-17(14-23)5-4-16-6-9-19(22)10-7-16/h6-11,13,17,24H,2-5,12,14-15H2,1H3. The average molecular weight is 343 g/mol. The molecule has 1 aliphatic heterocycles. The second-order valence-corrected chi connectivity index (χ2v) is 6.91. The predicted octanol–water partition coefficient (Wildman–Crippen LogP) is 4.38. The molecule has 1 fully saturated rings. The number of piperidine rings is 1. The molecule has 3 nitrogen and oxygen atoms in total. The number of aromatic hydroxyl groups is 1. The van der Waals surface area contributed by atoms with Gasteiger partial charge in [0, 0.05) is 13.1 Å². The Morgan fingerprint density at radius 1 is 1.16 bits per heavy atom. The lowest BCUT2D eigenvalue weighted by Crippen LogP contribution is -2.35. The van der Waals surface area contributed by atoms with Crippen LogP contribution in [0.4, 0.5) is 4.39 Å². The normalized spacial score (nSPS) is 18.2. The van der Waals surface area contributed by atoms with Gasteiger partial charge in [0.1, 0.15) is 5.82 Å². The molecule has 0 radical (unpaired) electrons. The molecule has 0 amide bonds. The number of benzene rings is 2. The van der Waals surface area contributed by atoms with Gasteiger partial charge in [0.15, 0.2) is 11.5 Å². The van der Waals surface area contributed by atoms with Crippen LogP contribution in [0.25, 0.3) is 0 Å². The van der Waals surface area contributed by atoms with Crippen molar-refractivity contribution in [3.05, 3.63) is 59.4 Å². The number of aryl methyl sites for hydroxylation is 1. The number of phenols is 1. The molecule has 0 spiro atoms. The Morgan fingerprint density at radius 2 is 1.92 bits per heavy atom. The van der Waals surface area contributed by atoms with E-state index in [-0.39, 0.29) is 11.6 Å². The molecule has 1 saturated heterocycles. The van der Waals surface area contributed by atoms with Crippen LogP contribution in [-0.2, 0) is 13.0 Å². The number of rotatable bonds is 6. The molecule has 3 rings (SSSR count). The summed E-state index contributed by atoms with van der Waals surface area (Å²) in [5, 5.41) is 9.72. The zero-order valence-electron chi connectivity index (χ0n) is 14.7. The van der Waals surface area contributed by atoms with Gasteiger partial charge in [-0.15, -0.1) is 0 Å². The molecule has 4 heteroatoms. The molecule has 0 aliphatic carbocycles. The number of methoxy groups -OCH3 is 1. The molecule has 1 N–H and O–H groups in total. The van der Waals surface area contributed by atoms with Crippen LogP contribution in [0.3, 0.4) is 0 Å². The molecule has 1 unspecified atom stereocenters. The van der Waals surface area contributed by atoms with Crippen LogP contribution >= 0.6 is 0 Å². The molecule has 2 aromatic rings. The van der Waals surface area contributed by atoms with Crippen molar-refractivity contribution in [2.75, 3.05) is 20.2 Å². The topological polar surface area (TPSA) is 32.7 Å². The van der Waals surface area contributed by atoms with E-state index in [4.69, 9.17) is 4.74 Å². The Morgan fingerprint density at radius 3 is 2.68 bits per heavy atom. The molecule has 0 bridgehead atoms. The first-order valence-electron chi connectivity index (χ1n) is 8.96. The van der Waals surface area contributed by atoms with Gasteiger partial charge in [-0.3, -0.25) is 4.90 Å². The van der Waals surface area contributed by atoms with E-state index >= 15 is 0 Å². The van der Waals surface area contributed by atoms with E-state index < -0.39 is 0 Å². The molecular weight excluding hydrogens is 317 g/mol. The third-order valence-corrected chi connectivity index (χ3v) is 5.01. The van der Waals surface area contributed by atoms with Crippen molar-refractivity contribution < 1.29 is 14.2 Å². The van der Waals surface area contributed by atoms with Gasteiger partial charge in [-0.1, -0.05) is 18.2 Å². The van der Waals surface area contributed by atoms with Crippen LogP contribution < -0.4 is 4.74 Å². The molecule has 1 heterocycles. The van der Waals surface area contributed by atoms with E-state index in [1.54, 1.807) is 25.3 Å². The molecule has 2 aromatic carbocycles. The minimum atomic E-state index is -0.170. The summed E-state index contributed by atoms with van der Waals surface area (Å²) in [4.78, 5) is 2.48. The Labute approximate surface area is 149 Å². The number of nitrogens with zero attached hydrogens (tertiary/aromatic N) is 1. The summed E-state index contributed by atoms with van der Waals surface area (Å²) >= 11 is 0. The van der Waals surface area contributed by atoms with Gasteiger partial charge in [0.25, 0.3) is 0 Å². The molecular formula is C21H26FNO2. The number of hydrogen-bond acceptors (Lipinski definition) is 3. The summed E-state index contributed by atoms with van der Waals surface area (Å²) in [6.45, 7) is 3.07. The maximum Gasteiger partial charge on any atom is 0.160 e. The lowest BCUT2D eigenvalue weighted by atomic mass is 9.91. The Balaban J connectivity index is 1.53. The fourth-order valence-corrected chi connectivity index (χ4v) is 3.63. The van der Waals surface area contributed by atoms with E-state index in [0.717, 1.165) is 38.0 Å². The maximum atomic E-state index is 13.0. The van der Waals surface area contributed by atoms with E-state index in [2.05, 4.69) is 4.90 Å². The number of hydrogen-bond donors (Lipinski definition) is 1. The van der Waals surface area contributed by atoms with E-state index in [0.29, 0.717) is 11.7 Å². The smallest absolute Gasteiger partial charge is 0.160 e. The first-order valence-corrected chi connectivity index (χ1v) is 8.96. The summed E-state index contributed by atoms with van der Waals surface area (Å²) in [6.07, 6.45) is 4.62. The van der Waals surface area contributed by atoms with Crippen LogP contribution in [0, 0.1) is 11.7 Å². The van der Waals surface area contributed by atoms with Gasteiger partial charge in [-0.05, 0) is 73.5 Å². The molecule has 0 aromatic heterocycles.